The molecular weight excluding hydrogens is 488 g/mol. The summed E-state index contributed by atoms with van der Waals surface area (Å²) in [5.74, 6) is 0.637. The molecule has 2 aliphatic heterocycles. The van der Waals surface area contributed by atoms with Crippen LogP contribution in [0.2, 0.25) is 0 Å². The maximum absolute atomic E-state index is 13.2. The van der Waals surface area contributed by atoms with Crippen LogP contribution in [0.4, 0.5) is 4.39 Å². The minimum Gasteiger partial charge on any atom is -0.381 e. The Labute approximate surface area is 190 Å². The molecule has 0 aliphatic carbocycles. The fraction of sp³-hybridized carbons (Fsp3) is 0.667. The van der Waals surface area contributed by atoms with E-state index in [0.29, 0.717) is 12.6 Å². The normalized spacial score (nSPS) is 23.6. The molecule has 2 saturated heterocycles. The van der Waals surface area contributed by atoms with Gasteiger partial charge in [0.15, 0.2) is 5.96 Å². The topological polar surface area (TPSA) is 55.3 Å². The molecule has 2 aliphatic rings. The first-order valence-electron chi connectivity index (χ1n) is 10.2. The molecule has 1 aromatic carbocycles. The monoisotopic (exact) mass is 521 g/mol. The van der Waals surface area contributed by atoms with Gasteiger partial charge in [-0.05, 0) is 43.9 Å². The smallest absolute Gasteiger partial charge is 0.193 e. The van der Waals surface area contributed by atoms with Crippen molar-refractivity contribution in [3.8, 4) is 0 Å². The van der Waals surface area contributed by atoms with Gasteiger partial charge in [-0.25, -0.2) is 4.39 Å². The lowest BCUT2D eigenvalue weighted by atomic mass is 10.1. The number of halogens is 2. The van der Waals surface area contributed by atoms with Gasteiger partial charge in [0, 0.05) is 40.0 Å². The van der Waals surface area contributed by atoms with Crippen molar-refractivity contribution < 1.29 is 18.6 Å². The minimum atomic E-state index is -0.232. The third-order valence-corrected chi connectivity index (χ3v) is 5.14. The highest BCUT2D eigenvalue weighted by Gasteiger charge is 2.28. The first-order valence-corrected chi connectivity index (χ1v) is 10.2. The summed E-state index contributed by atoms with van der Waals surface area (Å²) in [6.07, 6.45) is 3.22. The molecule has 29 heavy (non-hydrogen) atoms. The average molecular weight is 521 g/mol. The third-order valence-electron chi connectivity index (χ3n) is 5.14. The van der Waals surface area contributed by atoms with E-state index >= 15 is 0 Å². The second-order valence-electron chi connectivity index (χ2n) is 7.40. The lowest BCUT2D eigenvalue weighted by molar-refractivity contribution is -0.0605. The van der Waals surface area contributed by atoms with Crippen LogP contribution in [-0.4, -0.2) is 69.6 Å². The number of ether oxygens (including phenoxy) is 3. The van der Waals surface area contributed by atoms with Crippen LogP contribution in [0.3, 0.4) is 0 Å². The maximum atomic E-state index is 13.2. The van der Waals surface area contributed by atoms with Crippen LogP contribution in [0.25, 0.3) is 0 Å². The van der Waals surface area contributed by atoms with Crippen molar-refractivity contribution in [1.29, 1.82) is 0 Å². The standard InChI is InChI=1S/C21H32FN3O3.HI/c1-16-14-25(15-20(28-16)17-4-6-18(22)7-5-17)21(23-2)24-10-3-11-27-19-8-12-26-13-9-19;/h4-7,16,19-20H,3,8-15H2,1-2H3,(H,23,24);1H. The molecule has 0 spiro atoms. The Hall–Kier alpha value is -0.970. The molecule has 0 bridgehead atoms. The van der Waals surface area contributed by atoms with Gasteiger partial charge < -0.3 is 24.4 Å². The molecule has 164 valence electrons. The summed E-state index contributed by atoms with van der Waals surface area (Å²) in [4.78, 5) is 6.64. The van der Waals surface area contributed by atoms with Gasteiger partial charge in [0.05, 0.1) is 18.8 Å². The van der Waals surface area contributed by atoms with Crippen LogP contribution in [-0.2, 0) is 14.2 Å². The van der Waals surface area contributed by atoms with E-state index in [1.165, 1.54) is 12.1 Å². The van der Waals surface area contributed by atoms with E-state index < -0.39 is 0 Å². The number of guanidine groups is 1. The molecule has 3 rings (SSSR count). The van der Waals surface area contributed by atoms with E-state index in [-0.39, 0.29) is 42.0 Å². The lowest BCUT2D eigenvalue weighted by Gasteiger charge is -2.38. The summed E-state index contributed by atoms with van der Waals surface area (Å²) in [7, 11) is 1.80. The van der Waals surface area contributed by atoms with E-state index in [0.717, 1.165) is 63.7 Å². The summed E-state index contributed by atoms with van der Waals surface area (Å²) in [6.45, 7) is 6.68. The molecule has 0 amide bonds. The van der Waals surface area contributed by atoms with Gasteiger partial charge in [-0.15, -0.1) is 24.0 Å². The predicted molar refractivity (Wildman–Crippen MR) is 122 cm³/mol. The SMILES string of the molecule is CN=C(NCCCOC1CCOCC1)N1CC(C)OC(c2ccc(F)cc2)C1.I. The predicted octanol–water partition coefficient (Wildman–Crippen LogP) is 3.37. The van der Waals surface area contributed by atoms with Crippen LogP contribution in [0.1, 0.15) is 37.9 Å². The van der Waals surface area contributed by atoms with Crippen molar-refractivity contribution in [3.05, 3.63) is 35.6 Å². The summed E-state index contributed by atoms with van der Waals surface area (Å²) in [5, 5.41) is 3.43. The van der Waals surface area contributed by atoms with E-state index in [9.17, 15) is 4.39 Å². The van der Waals surface area contributed by atoms with Gasteiger partial charge in [-0.1, -0.05) is 12.1 Å². The average Bonchev–Trinajstić information content (AvgIpc) is 2.71. The highest BCUT2D eigenvalue weighted by atomic mass is 127. The second-order valence-corrected chi connectivity index (χ2v) is 7.40. The molecule has 2 unspecified atom stereocenters. The van der Waals surface area contributed by atoms with Crippen LogP contribution >= 0.6 is 24.0 Å². The number of benzene rings is 1. The van der Waals surface area contributed by atoms with E-state index in [1.807, 2.05) is 0 Å². The van der Waals surface area contributed by atoms with Gasteiger partial charge in [-0.2, -0.15) is 0 Å². The molecule has 0 saturated carbocycles. The lowest BCUT2D eigenvalue weighted by Crippen LogP contribution is -2.51. The second kappa shape index (κ2) is 12.7. The Morgan fingerprint density at radius 2 is 1.97 bits per heavy atom. The van der Waals surface area contributed by atoms with Gasteiger partial charge >= 0.3 is 0 Å². The van der Waals surface area contributed by atoms with E-state index in [2.05, 4.69) is 22.1 Å². The minimum absolute atomic E-state index is 0. The van der Waals surface area contributed by atoms with Crippen molar-refractivity contribution in [2.24, 2.45) is 4.99 Å². The molecule has 8 heteroatoms. The number of morpholine rings is 1. The maximum Gasteiger partial charge on any atom is 0.193 e. The first kappa shape index (κ1) is 24.3. The molecule has 1 N–H and O–H groups in total. The number of nitrogens with one attached hydrogen (secondary N) is 1. The van der Waals surface area contributed by atoms with Gasteiger partial charge in [-0.3, -0.25) is 4.99 Å². The van der Waals surface area contributed by atoms with Crippen molar-refractivity contribution >= 4 is 29.9 Å². The molecule has 1 aromatic rings. The Bertz CT molecular complexity index is 626. The van der Waals surface area contributed by atoms with Crippen LogP contribution in [0.5, 0.6) is 0 Å². The zero-order chi connectivity index (χ0) is 19.8. The van der Waals surface area contributed by atoms with Crippen molar-refractivity contribution in [2.45, 2.75) is 44.5 Å². The molecule has 2 fully saturated rings. The highest BCUT2D eigenvalue weighted by Crippen LogP contribution is 2.25. The summed E-state index contributed by atoms with van der Waals surface area (Å²) < 4.78 is 30.6. The number of hydrogen-bond acceptors (Lipinski definition) is 4. The number of rotatable bonds is 6. The molecule has 2 heterocycles. The van der Waals surface area contributed by atoms with Crippen molar-refractivity contribution in [3.63, 3.8) is 0 Å². The largest absolute Gasteiger partial charge is 0.381 e. The molecule has 0 radical (unpaired) electrons. The summed E-state index contributed by atoms with van der Waals surface area (Å²) in [5.41, 5.74) is 0.985. The fourth-order valence-corrected chi connectivity index (χ4v) is 3.68. The van der Waals surface area contributed by atoms with Crippen LogP contribution < -0.4 is 5.32 Å². The third kappa shape index (κ3) is 7.66. The zero-order valence-corrected chi connectivity index (χ0v) is 19.6. The van der Waals surface area contributed by atoms with Crippen molar-refractivity contribution in [1.82, 2.24) is 10.2 Å². The Morgan fingerprint density at radius 1 is 1.24 bits per heavy atom. The Balaban J connectivity index is 0.00000300. The Kier molecular flexibility index (Phi) is 10.6. The molecule has 0 aromatic heterocycles. The van der Waals surface area contributed by atoms with Gasteiger partial charge in [0.2, 0.25) is 0 Å². The van der Waals surface area contributed by atoms with Crippen LogP contribution in [0, 0.1) is 5.82 Å². The Morgan fingerprint density at radius 3 is 2.66 bits per heavy atom. The summed E-state index contributed by atoms with van der Waals surface area (Å²) >= 11 is 0. The first-order chi connectivity index (χ1) is 13.7. The quantitative estimate of drug-likeness (QED) is 0.270. The number of hydrogen-bond donors (Lipinski definition) is 1. The van der Waals surface area contributed by atoms with Gasteiger partial charge in [0.1, 0.15) is 11.9 Å². The molecule has 6 nitrogen and oxygen atoms in total. The fourth-order valence-electron chi connectivity index (χ4n) is 3.68. The molecular formula is C21H33FIN3O3. The molecule has 2 atom stereocenters. The highest BCUT2D eigenvalue weighted by molar-refractivity contribution is 14.0. The van der Waals surface area contributed by atoms with Gasteiger partial charge in [0.25, 0.3) is 0 Å². The van der Waals surface area contributed by atoms with Crippen molar-refractivity contribution in [2.75, 3.05) is 46.5 Å². The number of nitrogens with zero attached hydrogens (tertiary/aromatic N) is 2. The zero-order valence-electron chi connectivity index (χ0n) is 17.3. The van der Waals surface area contributed by atoms with Crippen LogP contribution in [0.15, 0.2) is 29.3 Å². The number of aliphatic imine (C=N–C) groups is 1. The summed E-state index contributed by atoms with van der Waals surface area (Å²) in [6, 6.07) is 6.54. The van der Waals surface area contributed by atoms with E-state index in [4.69, 9.17) is 14.2 Å². The van der Waals surface area contributed by atoms with E-state index in [1.54, 1.807) is 19.2 Å².